The van der Waals surface area contributed by atoms with Gasteiger partial charge in [-0.05, 0) is 84.4 Å². The number of ether oxygens (including phenoxy) is 1. The van der Waals surface area contributed by atoms with Gasteiger partial charge in [0, 0.05) is 11.5 Å². The first kappa shape index (κ1) is 19.3. The predicted molar refractivity (Wildman–Crippen MR) is 122 cm³/mol. The lowest BCUT2D eigenvalue weighted by Crippen LogP contribution is -2.40. The van der Waals surface area contributed by atoms with E-state index in [1.165, 1.54) is 11.3 Å². The highest BCUT2D eigenvalue weighted by Crippen LogP contribution is 2.65. The number of nitrogens with zero attached hydrogens (tertiary/aromatic N) is 1. The molecule has 2 aromatic carbocycles. The molecule has 5 nitrogen and oxygen atoms in total. The van der Waals surface area contributed by atoms with Gasteiger partial charge in [-0.1, -0.05) is 24.3 Å². The van der Waals surface area contributed by atoms with Gasteiger partial charge in [-0.2, -0.15) is 0 Å². The molecule has 4 fully saturated rings. The molecule has 8 rings (SSSR count). The van der Waals surface area contributed by atoms with Crippen molar-refractivity contribution in [2.75, 3.05) is 12.0 Å². The molecule has 33 heavy (non-hydrogen) atoms. The molecule has 2 bridgehead atoms. The van der Waals surface area contributed by atoms with E-state index < -0.39 is 0 Å². The first-order valence-electron chi connectivity index (χ1n) is 11.9. The van der Waals surface area contributed by atoms with E-state index in [2.05, 4.69) is 12.2 Å². The molecule has 166 valence electrons. The van der Waals surface area contributed by atoms with Crippen LogP contribution >= 0.6 is 0 Å². The van der Waals surface area contributed by atoms with Crippen LogP contribution in [-0.2, 0) is 9.59 Å². The summed E-state index contributed by atoms with van der Waals surface area (Å²) in [4.78, 5) is 40.9. The Balaban J connectivity index is 1.08. The molecule has 0 radical (unpaired) electrons. The van der Waals surface area contributed by atoms with Crippen LogP contribution in [0.25, 0.3) is 0 Å². The zero-order valence-electron chi connectivity index (χ0n) is 18.4. The molecule has 2 aromatic rings. The van der Waals surface area contributed by atoms with E-state index in [4.69, 9.17) is 4.74 Å². The van der Waals surface area contributed by atoms with Gasteiger partial charge >= 0.3 is 0 Å². The molecule has 5 aliphatic carbocycles. The summed E-state index contributed by atoms with van der Waals surface area (Å²) in [6, 6.07) is 15.0. The van der Waals surface area contributed by atoms with Crippen LogP contribution in [0.15, 0.2) is 60.7 Å². The van der Waals surface area contributed by atoms with Gasteiger partial charge in [-0.25, -0.2) is 0 Å². The van der Waals surface area contributed by atoms with Crippen molar-refractivity contribution in [2.45, 2.75) is 18.8 Å². The van der Waals surface area contributed by atoms with Crippen molar-refractivity contribution in [2.24, 2.45) is 41.4 Å². The quantitative estimate of drug-likeness (QED) is 0.397. The van der Waals surface area contributed by atoms with Gasteiger partial charge in [0.15, 0.2) is 5.78 Å². The van der Waals surface area contributed by atoms with Crippen LogP contribution in [-0.4, -0.2) is 24.7 Å². The number of imide groups is 1. The van der Waals surface area contributed by atoms with Gasteiger partial charge in [0.25, 0.3) is 0 Å². The molecule has 3 saturated carbocycles. The monoisotopic (exact) mass is 439 g/mol. The number of ketones is 1. The van der Waals surface area contributed by atoms with Gasteiger partial charge in [-0.3, -0.25) is 19.3 Å². The molecule has 2 unspecified atom stereocenters. The fourth-order valence-corrected chi connectivity index (χ4v) is 6.90. The second-order valence-electron chi connectivity index (χ2n) is 10.3. The van der Waals surface area contributed by atoms with Crippen molar-refractivity contribution in [3.63, 3.8) is 0 Å². The highest BCUT2D eigenvalue weighted by Gasteiger charge is 2.67. The first-order chi connectivity index (χ1) is 16.1. The maximum Gasteiger partial charge on any atom is 0.238 e. The summed E-state index contributed by atoms with van der Waals surface area (Å²) < 4.78 is 5.17. The van der Waals surface area contributed by atoms with Crippen LogP contribution in [0.4, 0.5) is 5.69 Å². The Labute approximate surface area is 192 Å². The Bertz CT molecular complexity index is 1180. The molecule has 1 saturated heterocycles. The fourth-order valence-electron chi connectivity index (χ4n) is 6.90. The minimum Gasteiger partial charge on any atom is -0.497 e. The van der Waals surface area contributed by atoms with Crippen molar-refractivity contribution in [3.8, 4) is 5.75 Å². The minimum atomic E-state index is -0.175. The molecule has 6 aliphatic rings. The number of carbonyl (C=O) groups excluding carboxylic acids is 3. The summed E-state index contributed by atoms with van der Waals surface area (Å²) in [7, 11) is 1.61. The lowest BCUT2D eigenvalue weighted by atomic mass is 9.63. The molecule has 1 aliphatic heterocycles. The normalized spacial score (nSPS) is 37.1. The number of amides is 2. The van der Waals surface area contributed by atoms with E-state index in [0.29, 0.717) is 23.1 Å². The standard InChI is InChI=1S/C28H25NO4/c1-33-17-8-4-15(5-9-17)26(30)23-12-20(23)14-2-6-16(7-3-14)29-27(31)24-18-10-11-19(22-13-21(18)22)25(24)28(29)32/h2-11,18-25H,12-13H2,1H3/t18-,19+,20?,21+,22-,23?,24-,25+. The summed E-state index contributed by atoms with van der Waals surface area (Å²) in [5.41, 5.74) is 2.46. The number of hydrogen-bond acceptors (Lipinski definition) is 4. The third-order valence-electron chi connectivity index (χ3n) is 8.74. The minimum absolute atomic E-state index is 0.0180. The smallest absolute Gasteiger partial charge is 0.238 e. The number of hydrogen-bond donors (Lipinski definition) is 0. The molecular weight excluding hydrogens is 414 g/mol. The zero-order valence-corrected chi connectivity index (χ0v) is 18.4. The number of allylic oxidation sites excluding steroid dienone is 2. The summed E-state index contributed by atoms with van der Waals surface area (Å²) in [5.74, 6) is 2.35. The van der Waals surface area contributed by atoms with Crippen LogP contribution in [0, 0.1) is 41.4 Å². The summed E-state index contributed by atoms with van der Waals surface area (Å²) in [6.45, 7) is 0. The SMILES string of the molecule is COc1ccc(C(=O)C2CC2c2ccc(N3C(=O)[C@@H]4[C@@H]5C=C[C@@H]([C@H]6C[C@@H]56)[C@@H]4C3=O)cc2)cc1. The van der Waals surface area contributed by atoms with Crippen molar-refractivity contribution in [3.05, 3.63) is 71.8 Å². The van der Waals surface area contributed by atoms with E-state index >= 15 is 0 Å². The Kier molecular flexibility index (Phi) is 3.89. The van der Waals surface area contributed by atoms with Gasteiger partial charge in [-0.15, -0.1) is 0 Å². The number of methoxy groups -OCH3 is 1. The van der Waals surface area contributed by atoms with Gasteiger partial charge < -0.3 is 4.74 Å². The van der Waals surface area contributed by atoms with Crippen molar-refractivity contribution in [1.29, 1.82) is 0 Å². The first-order valence-corrected chi connectivity index (χ1v) is 11.9. The molecule has 0 aromatic heterocycles. The van der Waals surface area contributed by atoms with E-state index in [9.17, 15) is 14.4 Å². The number of benzene rings is 2. The van der Waals surface area contributed by atoms with E-state index in [1.54, 1.807) is 7.11 Å². The van der Waals surface area contributed by atoms with Crippen molar-refractivity contribution >= 4 is 23.3 Å². The molecule has 0 spiro atoms. The van der Waals surface area contributed by atoms with Crippen LogP contribution < -0.4 is 9.64 Å². The third kappa shape index (κ3) is 2.68. The number of anilines is 1. The molecular formula is C28H25NO4. The van der Waals surface area contributed by atoms with Crippen LogP contribution in [0.1, 0.15) is 34.7 Å². The van der Waals surface area contributed by atoms with Crippen LogP contribution in [0.3, 0.4) is 0 Å². The summed E-state index contributed by atoms with van der Waals surface area (Å²) >= 11 is 0. The van der Waals surface area contributed by atoms with Crippen LogP contribution in [0.2, 0.25) is 0 Å². The van der Waals surface area contributed by atoms with Crippen molar-refractivity contribution < 1.29 is 19.1 Å². The average molecular weight is 440 g/mol. The topological polar surface area (TPSA) is 63.7 Å². The maximum atomic E-state index is 13.3. The number of carbonyl (C=O) groups is 3. The Morgan fingerprint density at radius 1 is 0.848 bits per heavy atom. The Morgan fingerprint density at radius 3 is 2.03 bits per heavy atom. The zero-order chi connectivity index (χ0) is 22.4. The molecule has 8 atom stereocenters. The highest BCUT2D eigenvalue weighted by atomic mass is 16.5. The second-order valence-corrected chi connectivity index (χ2v) is 10.3. The van der Waals surface area contributed by atoms with Crippen molar-refractivity contribution in [1.82, 2.24) is 0 Å². The highest BCUT2D eigenvalue weighted by molar-refractivity contribution is 6.22. The fraction of sp³-hybridized carbons (Fsp3) is 0.393. The number of Topliss-reactive ketones (excluding diaryl/α,β-unsaturated/α-hetero) is 1. The van der Waals surface area contributed by atoms with Gasteiger partial charge in [0.05, 0.1) is 24.6 Å². The molecule has 5 heteroatoms. The predicted octanol–water partition coefficient (Wildman–Crippen LogP) is 4.24. The van der Waals surface area contributed by atoms with E-state index in [0.717, 1.165) is 17.7 Å². The van der Waals surface area contributed by atoms with Gasteiger partial charge in [0.2, 0.25) is 11.8 Å². The summed E-state index contributed by atoms with van der Waals surface area (Å²) in [6.07, 6.45) is 6.39. The largest absolute Gasteiger partial charge is 0.497 e. The molecule has 0 N–H and O–H groups in total. The average Bonchev–Trinajstić information content (AvgIpc) is 3.77. The second kappa shape index (κ2) is 6.66. The van der Waals surface area contributed by atoms with Gasteiger partial charge in [0.1, 0.15) is 5.75 Å². The number of rotatable bonds is 5. The van der Waals surface area contributed by atoms with E-state index in [1.807, 2.05) is 48.5 Å². The Hall–Kier alpha value is -3.21. The van der Waals surface area contributed by atoms with E-state index in [-0.39, 0.29) is 53.1 Å². The summed E-state index contributed by atoms with van der Waals surface area (Å²) in [5, 5.41) is 0. The maximum absolute atomic E-state index is 13.3. The van der Waals surface area contributed by atoms with Crippen LogP contribution in [0.5, 0.6) is 5.75 Å². The lowest BCUT2D eigenvalue weighted by Gasteiger charge is -2.37. The molecule has 2 amide bonds. The third-order valence-corrected chi connectivity index (χ3v) is 8.74. The Morgan fingerprint density at radius 2 is 1.45 bits per heavy atom. The molecule has 1 heterocycles. The lowest BCUT2D eigenvalue weighted by molar-refractivity contribution is -0.124.